The van der Waals surface area contributed by atoms with Crippen molar-refractivity contribution in [3.05, 3.63) is 27.5 Å². The second kappa shape index (κ2) is 7.08. The van der Waals surface area contributed by atoms with Crippen LogP contribution >= 0.6 is 23.2 Å². The average Bonchev–Trinajstić information content (AvgIpc) is 2.42. The van der Waals surface area contributed by atoms with E-state index in [1.54, 1.807) is 0 Å². The van der Waals surface area contributed by atoms with E-state index in [4.69, 9.17) is 28.9 Å². The van der Waals surface area contributed by atoms with Gasteiger partial charge in [0.25, 0.3) is 0 Å². The summed E-state index contributed by atoms with van der Waals surface area (Å²) in [5.74, 6) is 0.574. The van der Waals surface area contributed by atoms with E-state index in [9.17, 15) is 0 Å². The second-order valence-electron chi connectivity index (χ2n) is 5.78. The minimum atomic E-state index is 0.516. The first kappa shape index (κ1) is 16.0. The number of nitrogens with two attached hydrogens (primary N) is 1. The van der Waals surface area contributed by atoms with Gasteiger partial charge in [-0.05, 0) is 45.3 Å². The molecule has 0 saturated heterocycles. The summed E-state index contributed by atoms with van der Waals surface area (Å²) in [6.07, 6.45) is 4.99. The van der Waals surface area contributed by atoms with Crippen LogP contribution in [-0.4, -0.2) is 29.5 Å². The maximum Gasteiger partial charge on any atom is 0.135 e. The molecular weight excluding hydrogens is 293 g/mol. The fraction of sp³-hybridized carbons (Fsp3) is 0.667. The van der Waals surface area contributed by atoms with Crippen molar-refractivity contribution in [1.82, 2.24) is 9.88 Å². The van der Waals surface area contributed by atoms with Crippen molar-refractivity contribution < 1.29 is 0 Å². The number of rotatable bonds is 4. The Labute approximate surface area is 131 Å². The van der Waals surface area contributed by atoms with Crippen LogP contribution in [0.2, 0.25) is 10.2 Å². The molecule has 2 unspecified atom stereocenters. The zero-order chi connectivity index (χ0) is 14.7. The largest absolute Gasteiger partial charge is 0.330 e. The van der Waals surface area contributed by atoms with E-state index in [-0.39, 0.29) is 0 Å². The fourth-order valence-corrected chi connectivity index (χ4v) is 3.82. The standard InChI is InChI=1S/C15H23Cl2N3/c1-10-7-13(16)12(15(17)19-10)9-20(2)14-6-4-3-5-11(14)8-18/h7,11,14H,3-6,8-9,18H2,1-2H3. The number of nitrogens with zero attached hydrogens (tertiary/aromatic N) is 2. The van der Waals surface area contributed by atoms with Gasteiger partial charge in [0.05, 0.1) is 0 Å². The van der Waals surface area contributed by atoms with Crippen molar-refractivity contribution >= 4 is 23.2 Å². The third-order valence-corrected chi connectivity index (χ3v) is 4.94. The Morgan fingerprint density at radius 1 is 1.35 bits per heavy atom. The van der Waals surface area contributed by atoms with Gasteiger partial charge in [0.1, 0.15) is 5.15 Å². The van der Waals surface area contributed by atoms with Crippen LogP contribution in [0, 0.1) is 12.8 Å². The lowest BCUT2D eigenvalue weighted by molar-refractivity contribution is 0.127. The van der Waals surface area contributed by atoms with Crippen LogP contribution in [0.15, 0.2) is 6.07 Å². The highest BCUT2D eigenvalue weighted by Gasteiger charge is 2.28. The predicted octanol–water partition coefficient (Wildman–Crippen LogP) is 3.65. The van der Waals surface area contributed by atoms with Crippen LogP contribution in [0.25, 0.3) is 0 Å². The number of hydrogen-bond donors (Lipinski definition) is 1. The van der Waals surface area contributed by atoms with Crippen molar-refractivity contribution in [3.63, 3.8) is 0 Å². The summed E-state index contributed by atoms with van der Waals surface area (Å²) in [4.78, 5) is 6.64. The molecule has 0 aromatic carbocycles. The molecule has 2 atom stereocenters. The van der Waals surface area contributed by atoms with Crippen LogP contribution in [0.4, 0.5) is 0 Å². The van der Waals surface area contributed by atoms with E-state index in [0.29, 0.717) is 22.1 Å². The SMILES string of the molecule is Cc1cc(Cl)c(CN(C)C2CCCCC2CN)c(Cl)n1. The Kier molecular flexibility index (Phi) is 5.67. The number of aryl methyl sites for hydroxylation is 1. The molecule has 5 heteroatoms. The van der Waals surface area contributed by atoms with Crippen molar-refractivity contribution in [1.29, 1.82) is 0 Å². The van der Waals surface area contributed by atoms with Crippen molar-refractivity contribution in [3.8, 4) is 0 Å². The molecule has 0 radical (unpaired) electrons. The van der Waals surface area contributed by atoms with Gasteiger partial charge in [-0.2, -0.15) is 0 Å². The van der Waals surface area contributed by atoms with Crippen LogP contribution in [0.5, 0.6) is 0 Å². The molecule has 3 nitrogen and oxygen atoms in total. The molecule has 1 aromatic heterocycles. The Bertz CT molecular complexity index is 441. The molecule has 1 aliphatic rings. The first-order chi connectivity index (χ1) is 9.52. The van der Waals surface area contributed by atoms with Crippen molar-refractivity contribution in [2.24, 2.45) is 11.7 Å². The highest BCUT2D eigenvalue weighted by Crippen LogP contribution is 2.30. The molecule has 20 heavy (non-hydrogen) atoms. The zero-order valence-electron chi connectivity index (χ0n) is 12.2. The van der Waals surface area contributed by atoms with Gasteiger partial charge in [-0.3, -0.25) is 4.90 Å². The summed E-state index contributed by atoms with van der Waals surface area (Å²) in [6, 6.07) is 2.39. The molecule has 0 bridgehead atoms. The number of aromatic nitrogens is 1. The third-order valence-electron chi connectivity index (χ3n) is 4.29. The van der Waals surface area contributed by atoms with Crippen molar-refractivity contribution in [2.45, 2.75) is 45.2 Å². The number of pyridine rings is 1. The quantitative estimate of drug-likeness (QED) is 0.862. The van der Waals surface area contributed by atoms with E-state index < -0.39 is 0 Å². The molecule has 1 fully saturated rings. The summed E-state index contributed by atoms with van der Waals surface area (Å²) in [5.41, 5.74) is 7.68. The molecule has 0 spiro atoms. The monoisotopic (exact) mass is 315 g/mol. The Hall–Kier alpha value is -0.350. The Balaban J connectivity index is 2.12. The first-order valence-electron chi connectivity index (χ1n) is 7.24. The van der Waals surface area contributed by atoms with Crippen LogP contribution < -0.4 is 5.73 Å². The maximum atomic E-state index is 6.31. The Morgan fingerprint density at radius 2 is 2.05 bits per heavy atom. The molecule has 2 N–H and O–H groups in total. The molecule has 2 rings (SSSR count). The highest BCUT2D eigenvalue weighted by atomic mass is 35.5. The van der Waals surface area contributed by atoms with Crippen LogP contribution in [0.3, 0.4) is 0 Å². The van der Waals surface area contributed by atoms with E-state index in [1.165, 1.54) is 25.7 Å². The van der Waals surface area contributed by atoms with Gasteiger partial charge in [-0.25, -0.2) is 4.98 Å². The summed E-state index contributed by atoms with van der Waals surface area (Å²) in [7, 11) is 2.13. The highest BCUT2D eigenvalue weighted by molar-refractivity contribution is 6.35. The lowest BCUT2D eigenvalue weighted by atomic mass is 9.83. The van der Waals surface area contributed by atoms with Gasteiger partial charge in [0.15, 0.2) is 0 Å². The maximum absolute atomic E-state index is 6.31. The zero-order valence-corrected chi connectivity index (χ0v) is 13.7. The van der Waals surface area contributed by atoms with Gasteiger partial charge in [-0.15, -0.1) is 0 Å². The molecule has 0 aliphatic heterocycles. The summed E-state index contributed by atoms with van der Waals surface area (Å²) in [6.45, 7) is 3.38. The van der Waals surface area contributed by atoms with Gasteiger partial charge >= 0.3 is 0 Å². The molecule has 112 valence electrons. The van der Waals surface area contributed by atoms with Gasteiger partial charge in [-0.1, -0.05) is 36.0 Å². The fourth-order valence-electron chi connectivity index (χ4n) is 3.17. The second-order valence-corrected chi connectivity index (χ2v) is 6.54. The van der Waals surface area contributed by atoms with Crippen LogP contribution in [-0.2, 0) is 6.54 Å². The minimum Gasteiger partial charge on any atom is -0.330 e. The van der Waals surface area contributed by atoms with Gasteiger partial charge < -0.3 is 5.73 Å². The average molecular weight is 316 g/mol. The van der Waals surface area contributed by atoms with E-state index in [2.05, 4.69) is 16.9 Å². The van der Waals surface area contributed by atoms with Crippen LogP contribution in [0.1, 0.15) is 36.9 Å². The molecule has 1 saturated carbocycles. The molecule has 1 aliphatic carbocycles. The van der Waals surface area contributed by atoms with E-state index in [1.807, 2.05) is 13.0 Å². The van der Waals surface area contributed by atoms with E-state index >= 15 is 0 Å². The summed E-state index contributed by atoms with van der Waals surface area (Å²) < 4.78 is 0. The lowest BCUT2D eigenvalue weighted by Crippen LogP contribution is -2.42. The number of halogens is 2. The number of hydrogen-bond acceptors (Lipinski definition) is 3. The smallest absolute Gasteiger partial charge is 0.135 e. The molecular formula is C15H23Cl2N3. The van der Waals surface area contributed by atoms with Crippen molar-refractivity contribution in [2.75, 3.05) is 13.6 Å². The minimum absolute atomic E-state index is 0.516. The predicted molar refractivity (Wildman–Crippen MR) is 85.3 cm³/mol. The van der Waals surface area contributed by atoms with E-state index in [0.717, 1.165) is 24.3 Å². The molecule has 1 aromatic rings. The molecule has 0 amide bonds. The summed E-state index contributed by atoms with van der Waals surface area (Å²) >= 11 is 12.6. The summed E-state index contributed by atoms with van der Waals surface area (Å²) in [5, 5.41) is 1.22. The Morgan fingerprint density at radius 3 is 2.70 bits per heavy atom. The van der Waals surface area contributed by atoms with Gasteiger partial charge in [0, 0.05) is 28.9 Å². The lowest BCUT2D eigenvalue weighted by Gasteiger charge is -2.37. The van der Waals surface area contributed by atoms with Gasteiger partial charge in [0.2, 0.25) is 0 Å². The third kappa shape index (κ3) is 3.64. The normalized spacial score (nSPS) is 23.3. The first-order valence-corrected chi connectivity index (χ1v) is 8.00. The topological polar surface area (TPSA) is 42.1 Å². The molecule has 1 heterocycles.